The van der Waals surface area contributed by atoms with Crippen molar-refractivity contribution >= 4 is 11.9 Å². The number of ketones is 1. The SMILES string of the molecule is Cc1cc(C(=O)C(C#N)=Cc2ccncc2)c(C)n1-c1ccccc1F. The molecule has 1 aromatic carbocycles. The molecule has 128 valence electrons. The number of halogens is 1. The van der Waals surface area contributed by atoms with E-state index in [1.165, 1.54) is 12.1 Å². The largest absolute Gasteiger partial charge is 0.315 e. The summed E-state index contributed by atoms with van der Waals surface area (Å²) in [5, 5.41) is 9.43. The highest BCUT2D eigenvalue weighted by Gasteiger charge is 2.21. The van der Waals surface area contributed by atoms with Gasteiger partial charge in [0.1, 0.15) is 17.5 Å². The van der Waals surface area contributed by atoms with Gasteiger partial charge in [0.15, 0.2) is 0 Å². The molecule has 0 N–H and O–H groups in total. The Kier molecular flexibility index (Phi) is 4.76. The molecule has 0 bridgehead atoms. The van der Waals surface area contributed by atoms with E-state index in [9.17, 15) is 14.4 Å². The van der Waals surface area contributed by atoms with Crippen LogP contribution in [-0.2, 0) is 0 Å². The number of carbonyl (C=O) groups excluding carboxylic acids is 1. The van der Waals surface area contributed by atoms with Gasteiger partial charge in [-0.1, -0.05) is 12.1 Å². The van der Waals surface area contributed by atoms with Crippen molar-refractivity contribution < 1.29 is 9.18 Å². The second kappa shape index (κ2) is 7.16. The highest BCUT2D eigenvalue weighted by molar-refractivity contribution is 6.14. The van der Waals surface area contributed by atoms with Crippen molar-refractivity contribution in [3.8, 4) is 11.8 Å². The van der Waals surface area contributed by atoms with Crippen molar-refractivity contribution in [2.45, 2.75) is 13.8 Å². The molecule has 0 radical (unpaired) electrons. The van der Waals surface area contributed by atoms with E-state index >= 15 is 0 Å². The predicted molar refractivity (Wildman–Crippen MR) is 97.4 cm³/mol. The number of hydrogen-bond acceptors (Lipinski definition) is 3. The quantitative estimate of drug-likeness (QED) is 0.399. The monoisotopic (exact) mass is 345 g/mol. The van der Waals surface area contributed by atoms with Crippen LogP contribution in [0.25, 0.3) is 11.8 Å². The summed E-state index contributed by atoms with van der Waals surface area (Å²) in [6, 6.07) is 13.5. The minimum atomic E-state index is -0.389. The smallest absolute Gasteiger partial charge is 0.205 e. The molecule has 0 spiro atoms. The Hall–Kier alpha value is -3.52. The normalized spacial score (nSPS) is 11.2. The van der Waals surface area contributed by atoms with Crippen LogP contribution in [0.3, 0.4) is 0 Å². The molecular weight excluding hydrogens is 329 g/mol. The van der Waals surface area contributed by atoms with Gasteiger partial charge in [-0.3, -0.25) is 9.78 Å². The molecule has 0 unspecified atom stereocenters. The minimum Gasteiger partial charge on any atom is -0.315 e. The maximum atomic E-state index is 14.2. The maximum absolute atomic E-state index is 14.2. The zero-order valence-corrected chi connectivity index (χ0v) is 14.4. The number of Topliss-reactive ketones (excluding diaryl/α,β-unsaturated/α-hetero) is 1. The second-order valence-electron chi connectivity index (χ2n) is 5.85. The van der Waals surface area contributed by atoms with Crippen molar-refractivity contribution in [1.29, 1.82) is 5.26 Å². The Morgan fingerprint density at radius 2 is 1.88 bits per heavy atom. The van der Waals surface area contributed by atoms with E-state index in [1.54, 1.807) is 67.2 Å². The molecule has 2 aromatic heterocycles. The standard InChI is InChI=1S/C21H16FN3O/c1-14-11-18(15(2)25(14)20-6-4-3-5-19(20)22)21(26)17(13-23)12-16-7-9-24-10-8-16/h3-12H,1-2H3. The molecular formula is C21H16FN3O. The molecule has 3 rings (SSSR count). The lowest BCUT2D eigenvalue weighted by atomic mass is 10.0. The average molecular weight is 345 g/mol. The number of benzene rings is 1. The van der Waals surface area contributed by atoms with Crippen LogP contribution in [0.15, 0.2) is 60.4 Å². The fourth-order valence-electron chi connectivity index (χ4n) is 2.92. The Morgan fingerprint density at radius 1 is 1.19 bits per heavy atom. The number of aromatic nitrogens is 2. The van der Waals surface area contributed by atoms with Crippen LogP contribution in [0.4, 0.5) is 4.39 Å². The number of pyridine rings is 1. The molecule has 0 saturated carbocycles. The van der Waals surface area contributed by atoms with Crippen LogP contribution < -0.4 is 0 Å². The first-order chi connectivity index (χ1) is 12.5. The molecule has 0 aliphatic carbocycles. The molecule has 4 nitrogen and oxygen atoms in total. The first-order valence-corrected chi connectivity index (χ1v) is 8.03. The van der Waals surface area contributed by atoms with Crippen LogP contribution >= 0.6 is 0 Å². The zero-order valence-electron chi connectivity index (χ0n) is 14.4. The van der Waals surface area contributed by atoms with Crippen LogP contribution in [0, 0.1) is 31.0 Å². The molecule has 0 aliphatic rings. The molecule has 0 aliphatic heterocycles. The van der Waals surface area contributed by atoms with E-state index < -0.39 is 0 Å². The number of nitrogens with zero attached hydrogens (tertiary/aromatic N) is 3. The average Bonchev–Trinajstić information content (AvgIpc) is 2.95. The summed E-state index contributed by atoms with van der Waals surface area (Å²) in [6.45, 7) is 3.54. The highest BCUT2D eigenvalue weighted by atomic mass is 19.1. The van der Waals surface area contributed by atoms with Gasteiger partial charge in [-0.15, -0.1) is 0 Å². The summed E-state index contributed by atoms with van der Waals surface area (Å²) in [5.41, 5.74) is 2.80. The lowest BCUT2D eigenvalue weighted by Crippen LogP contribution is -2.06. The van der Waals surface area contributed by atoms with E-state index in [0.717, 1.165) is 5.69 Å². The predicted octanol–water partition coefficient (Wildman–Crippen LogP) is 4.42. The van der Waals surface area contributed by atoms with Gasteiger partial charge in [0.2, 0.25) is 5.78 Å². The van der Waals surface area contributed by atoms with Crippen molar-refractivity contribution in [3.05, 3.63) is 88.8 Å². The summed E-state index contributed by atoms with van der Waals surface area (Å²) in [7, 11) is 0. The minimum absolute atomic E-state index is 0.0185. The van der Waals surface area contributed by atoms with E-state index in [2.05, 4.69) is 4.98 Å². The Balaban J connectivity index is 2.07. The Morgan fingerprint density at radius 3 is 2.54 bits per heavy atom. The van der Waals surface area contributed by atoms with Crippen molar-refractivity contribution in [2.24, 2.45) is 0 Å². The molecule has 0 saturated heterocycles. The number of hydrogen-bond donors (Lipinski definition) is 0. The first kappa shape index (κ1) is 17.3. The number of aryl methyl sites for hydroxylation is 1. The molecule has 5 heteroatoms. The summed E-state index contributed by atoms with van der Waals surface area (Å²) in [4.78, 5) is 16.8. The van der Waals surface area contributed by atoms with Gasteiger partial charge in [0.05, 0.1) is 5.69 Å². The van der Waals surface area contributed by atoms with Crippen molar-refractivity contribution in [2.75, 3.05) is 0 Å². The molecule has 0 atom stereocenters. The lowest BCUT2D eigenvalue weighted by molar-refractivity contribution is 0.103. The molecule has 2 heterocycles. The van der Waals surface area contributed by atoms with Gasteiger partial charge in [-0.25, -0.2) is 4.39 Å². The Bertz CT molecular complexity index is 1040. The van der Waals surface area contributed by atoms with Crippen LogP contribution in [0.2, 0.25) is 0 Å². The van der Waals surface area contributed by atoms with E-state index in [4.69, 9.17) is 0 Å². The van der Waals surface area contributed by atoms with Gasteiger partial charge in [0.25, 0.3) is 0 Å². The summed E-state index contributed by atoms with van der Waals surface area (Å²) < 4.78 is 15.9. The Labute approximate surface area is 150 Å². The van der Waals surface area contributed by atoms with E-state index in [0.29, 0.717) is 22.5 Å². The summed E-state index contributed by atoms with van der Waals surface area (Å²) in [6.07, 6.45) is 4.71. The van der Waals surface area contributed by atoms with Gasteiger partial charge in [-0.2, -0.15) is 5.26 Å². The number of carbonyl (C=O) groups is 1. The van der Waals surface area contributed by atoms with Crippen LogP contribution in [0.1, 0.15) is 27.3 Å². The molecule has 0 fully saturated rings. The van der Waals surface area contributed by atoms with Gasteiger partial charge < -0.3 is 4.57 Å². The number of rotatable bonds is 4. The third-order valence-electron chi connectivity index (χ3n) is 4.15. The summed E-state index contributed by atoms with van der Waals surface area (Å²) in [5.74, 6) is -0.763. The van der Waals surface area contributed by atoms with Crippen molar-refractivity contribution in [1.82, 2.24) is 9.55 Å². The maximum Gasteiger partial charge on any atom is 0.205 e. The fraction of sp³-hybridized carbons (Fsp3) is 0.0952. The number of para-hydroxylation sites is 1. The third-order valence-corrected chi connectivity index (χ3v) is 4.15. The van der Waals surface area contributed by atoms with Gasteiger partial charge in [-0.05, 0) is 55.8 Å². The van der Waals surface area contributed by atoms with Crippen LogP contribution in [-0.4, -0.2) is 15.3 Å². The lowest BCUT2D eigenvalue weighted by Gasteiger charge is -2.10. The second-order valence-corrected chi connectivity index (χ2v) is 5.85. The fourth-order valence-corrected chi connectivity index (χ4v) is 2.92. The molecule has 3 aromatic rings. The number of allylic oxidation sites excluding steroid dienone is 1. The molecule has 26 heavy (non-hydrogen) atoms. The highest BCUT2D eigenvalue weighted by Crippen LogP contribution is 2.25. The number of nitriles is 1. The molecule has 0 amide bonds. The van der Waals surface area contributed by atoms with Gasteiger partial charge >= 0.3 is 0 Å². The van der Waals surface area contributed by atoms with Crippen LogP contribution in [0.5, 0.6) is 0 Å². The van der Waals surface area contributed by atoms with Crippen molar-refractivity contribution in [3.63, 3.8) is 0 Å². The summed E-state index contributed by atoms with van der Waals surface area (Å²) >= 11 is 0. The third kappa shape index (κ3) is 3.17. The van der Waals surface area contributed by atoms with Gasteiger partial charge in [0, 0.05) is 29.3 Å². The topological polar surface area (TPSA) is 58.7 Å². The first-order valence-electron chi connectivity index (χ1n) is 8.03. The van der Waals surface area contributed by atoms with E-state index in [-0.39, 0.29) is 17.2 Å². The zero-order chi connectivity index (χ0) is 18.7. The van der Waals surface area contributed by atoms with E-state index in [1.807, 2.05) is 6.07 Å².